The molecule has 0 radical (unpaired) electrons. The van der Waals surface area contributed by atoms with E-state index in [1.165, 1.54) is 43.5 Å². The summed E-state index contributed by atoms with van der Waals surface area (Å²) < 4.78 is 47.0. The third-order valence-electron chi connectivity index (χ3n) is 4.62. The second kappa shape index (κ2) is 7.96. The number of imidazole rings is 1. The minimum absolute atomic E-state index is 0.155. The molecule has 1 amide bonds. The Balaban J connectivity index is 1.70. The van der Waals surface area contributed by atoms with Crippen molar-refractivity contribution >= 4 is 34.2 Å². The number of carbonyl (C=O) groups excluding carboxylic acids is 1. The van der Waals surface area contributed by atoms with Crippen molar-refractivity contribution in [3.63, 3.8) is 0 Å². The molecule has 0 unspecified atom stereocenters. The van der Waals surface area contributed by atoms with Crippen molar-refractivity contribution in [1.29, 1.82) is 0 Å². The predicted octanol–water partition coefficient (Wildman–Crippen LogP) is 5.96. The molecule has 0 saturated heterocycles. The van der Waals surface area contributed by atoms with Crippen molar-refractivity contribution in [2.45, 2.75) is 6.18 Å². The molecule has 3 aromatic carbocycles. The van der Waals surface area contributed by atoms with Crippen LogP contribution in [-0.2, 0) is 6.18 Å². The lowest BCUT2D eigenvalue weighted by Gasteiger charge is -2.13. The summed E-state index contributed by atoms with van der Waals surface area (Å²) in [5, 5.41) is 2.98. The van der Waals surface area contributed by atoms with Gasteiger partial charge in [-0.1, -0.05) is 23.7 Å². The molecule has 9 heteroatoms. The lowest BCUT2D eigenvalue weighted by atomic mass is 10.2. The van der Waals surface area contributed by atoms with Gasteiger partial charge < -0.3 is 10.1 Å². The SMILES string of the molecule is COc1ccc2c(c1)nc(C(F)(F)F)n2-c1ccc(NC(=O)c2ccccc2Cl)cc1. The number of nitrogens with zero attached hydrogens (tertiary/aromatic N) is 2. The molecule has 1 N–H and O–H groups in total. The Hall–Kier alpha value is -3.52. The normalized spacial score (nSPS) is 11.5. The fourth-order valence-electron chi connectivity index (χ4n) is 3.18. The maximum Gasteiger partial charge on any atom is 0.450 e. The first-order valence-electron chi connectivity index (χ1n) is 9.08. The third-order valence-corrected chi connectivity index (χ3v) is 4.95. The molecule has 5 nitrogen and oxygen atoms in total. The first-order chi connectivity index (χ1) is 14.8. The molecule has 31 heavy (non-hydrogen) atoms. The van der Waals surface area contributed by atoms with Gasteiger partial charge >= 0.3 is 6.18 Å². The Kier molecular flexibility index (Phi) is 5.32. The van der Waals surface area contributed by atoms with Gasteiger partial charge in [-0.2, -0.15) is 13.2 Å². The largest absolute Gasteiger partial charge is 0.497 e. The molecule has 4 aromatic rings. The molecule has 0 aliphatic carbocycles. The van der Waals surface area contributed by atoms with Crippen molar-refractivity contribution in [1.82, 2.24) is 9.55 Å². The van der Waals surface area contributed by atoms with Crippen LogP contribution in [0, 0.1) is 0 Å². The van der Waals surface area contributed by atoms with Crippen LogP contribution in [0.2, 0.25) is 5.02 Å². The number of hydrogen-bond acceptors (Lipinski definition) is 3. The zero-order valence-corrected chi connectivity index (χ0v) is 16.8. The Morgan fingerprint density at radius 3 is 2.42 bits per heavy atom. The summed E-state index contributed by atoms with van der Waals surface area (Å²) in [6.07, 6.45) is -4.66. The van der Waals surface area contributed by atoms with Gasteiger partial charge in [-0.25, -0.2) is 4.98 Å². The van der Waals surface area contributed by atoms with E-state index in [4.69, 9.17) is 16.3 Å². The van der Waals surface area contributed by atoms with Crippen molar-refractivity contribution in [3.05, 3.63) is 83.1 Å². The number of fused-ring (bicyclic) bond motifs is 1. The molecule has 1 aromatic heterocycles. The van der Waals surface area contributed by atoms with E-state index in [0.717, 1.165) is 4.57 Å². The van der Waals surface area contributed by atoms with E-state index in [9.17, 15) is 18.0 Å². The van der Waals surface area contributed by atoms with Gasteiger partial charge in [0.25, 0.3) is 5.91 Å². The zero-order chi connectivity index (χ0) is 22.2. The summed E-state index contributed by atoms with van der Waals surface area (Å²) in [6, 6.07) is 17.1. The summed E-state index contributed by atoms with van der Waals surface area (Å²) in [5.74, 6) is -1.07. The van der Waals surface area contributed by atoms with Gasteiger partial charge in [-0.3, -0.25) is 9.36 Å². The highest BCUT2D eigenvalue weighted by molar-refractivity contribution is 6.34. The molecule has 0 aliphatic heterocycles. The molecule has 0 bridgehead atoms. The second-order valence-electron chi connectivity index (χ2n) is 6.60. The number of aromatic nitrogens is 2. The summed E-state index contributed by atoms with van der Waals surface area (Å²) in [6.45, 7) is 0. The molecule has 0 atom stereocenters. The number of ether oxygens (including phenoxy) is 1. The number of halogens is 4. The van der Waals surface area contributed by atoms with Crippen molar-refractivity contribution in [2.75, 3.05) is 12.4 Å². The molecule has 0 saturated carbocycles. The second-order valence-corrected chi connectivity index (χ2v) is 7.01. The lowest BCUT2D eigenvalue weighted by Crippen LogP contribution is -2.14. The summed E-state index contributed by atoms with van der Waals surface area (Å²) >= 11 is 6.03. The quantitative estimate of drug-likeness (QED) is 0.422. The number of nitrogens with one attached hydrogen (secondary N) is 1. The average Bonchev–Trinajstić information content (AvgIpc) is 3.14. The number of rotatable bonds is 4. The van der Waals surface area contributed by atoms with Gasteiger partial charge in [-0.05, 0) is 48.5 Å². The van der Waals surface area contributed by atoms with E-state index < -0.39 is 17.9 Å². The van der Waals surface area contributed by atoms with Crippen LogP contribution >= 0.6 is 11.6 Å². The molecule has 4 rings (SSSR count). The number of anilines is 1. The van der Waals surface area contributed by atoms with E-state index in [2.05, 4.69) is 10.3 Å². The van der Waals surface area contributed by atoms with E-state index in [-0.39, 0.29) is 16.7 Å². The molecule has 158 valence electrons. The van der Waals surface area contributed by atoms with E-state index in [1.807, 2.05) is 0 Å². The highest BCUT2D eigenvalue weighted by atomic mass is 35.5. The third kappa shape index (κ3) is 4.06. The van der Waals surface area contributed by atoms with Crippen LogP contribution in [0.15, 0.2) is 66.7 Å². The molecule has 1 heterocycles. The zero-order valence-electron chi connectivity index (χ0n) is 16.1. The maximum atomic E-state index is 13.6. The maximum absolute atomic E-state index is 13.6. The van der Waals surface area contributed by atoms with Crippen LogP contribution in [0.1, 0.15) is 16.2 Å². The summed E-state index contributed by atoms with van der Waals surface area (Å²) in [5.41, 5.74) is 1.38. The fourth-order valence-corrected chi connectivity index (χ4v) is 3.40. The highest BCUT2D eigenvalue weighted by Crippen LogP contribution is 2.35. The van der Waals surface area contributed by atoms with E-state index >= 15 is 0 Å². The van der Waals surface area contributed by atoms with Crippen LogP contribution in [0.4, 0.5) is 18.9 Å². The van der Waals surface area contributed by atoms with Gasteiger partial charge in [-0.15, -0.1) is 0 Å². The number of benzene rings is 3. The monoisotopic (exact) mass is 445 g/mol. The topological polar surface area (TPSA) is 56.1 Å². The number of amides is 1. The standard InChI is InChI=1S/C22H15ClF3N3O2/c1-31-15-10-11-19-18(12-15)28-21(22(24,25)26)29(19)14-8-6-13(7-9-14)27-20(30)16-4-2-3-5-17(16)23/h2-12H,1H3,(H,27,30). The van der Waals surface area contributed by atoms with Crippen molar-refractivity contribution < 1.29 is 22.7 Å². The average molecular weight is 446 g/mol. The smallest absolute Gasteiger partial charge is 0.450 e. The van der Waals surface area contributed by atoms with Crippen LogP contribution in [0.3, 0.4) is 0 Å². The first kappa shape index (κ1) is 20.7. The molecule has 0 spiro atoms. The molecule has 0 fully saturated rings. The van der Waals surface area contributed by atoms with Gasteiger partial charge in [0.15, 0.2) is 0 Å². The van der Waals surface area contributed by atoms with Crippen LogP contribution in [0.5, 0.6) is 5.75 Å². The van der Waals surface area contributed by atoms with E-state index in [0.29, 0.717) is 22.0 Å². The number of carbonyl (C=O) groups is 1. The number of alkyl halides is 3. The molecule has 0 aliphatic rings. The van der Waals surface area contributed by atoms with Gasteiger partial charge in [0.05, 0.1) is 28.7 Å². The van der Waals surface area contributed by atoms with Gasteiger partial charge in [0.1, 0.15) is 5.75 Å². The number of methoxy groups -OCH3 is 1. The molecular weight excluding hydrogens is 431 g/mol. The Bertz CT molecular complexity index is 1270. The van der Waals surface area contributed by atoms with E-state index in [1.54, 1.807) is 30.3 Å². The van der Waals surface area contributed by atoms with Gasteiger partial charge in [0, 0.05) is 17.4 Å². The van der Waals surface area contributed by atoms with Crippen molar-refractivity contribution in [3.8, 4) is 11.4 Å². The van der Waals surface area contributed by atoms with Crippen molar-refractivity contribution in [2.24, 2.45) is 0 Å². The molecular formula is C22H15ClF3N3O2. The minimum atomic E-state index is -4.66. The minimum Gasteiger partial charge on any atom is -0.497 e. The lowest BCUT2D eigenvalue weighted by molar-refractivity contribution is -0.145. The van der Waals surface area contributed by atoms with Crippen LogP contribution in [0.25, 0.3) is 16.7 Å². The van der Waals surface area contributed by atoms with Crippen LogP contribution < -0.4 is 10.1 Å². The summed E-state index contributed by atoms with van der Waals surface area (Å²) in [4.78, 5) is 16.2. The highest BCUT2D eigenvalue weighted by Gasteiger charge is 2.38. The number of hydrogen-bond donors (Lipinski definition) is 1. The Morgan fingerprint density at radius 1 is 1.06 bits per heavy atom. The predicted molar refractivity (Wildman–Crippen MR) is 112 cm³/mol. The van der Waals surface area contributed by atoms with Crippen LogP contribution in [-0.4, -0.2) is 22.6 Å². The first-order valence-corrected chi connectivity index (χ1v) is 9.46. The Morgan fingerprint density at radius 2 is 1.77 bits per heavy atom. The fraction of sp³-hybridized carbons (Fsp3) is 0.0909. The van der Waals surface area contributed by atoms with Gasteiger partial charge in [0.2, 0.25) is 5.82 Å². The Labute approximate surface area is 180 Å². The summed E-state index contributed by atoms with van der Waals surface area (Å²) in [7, 11) is 1.43.